The summed E-state index contributed by atoms with van der Waals surface area (Å²) >= 11 is 1.69. The fourth-order valence-electron chi connectivity index (χ4n) is 2.02. The summed E-state index contributed by atoms with van der Waals surface area (Å²) in [6.45, 7) is 2.59. The van der Waals surface area contributed by atoms with Gasteiger partial charge in [-0.15, -0.1) is 11.3 Å². The molecule has 0 fully saturated rings. The van der Waals surface area contributed by atoms with Crippen LogP contribution >= 0.6 is 11.3 Å². The van der Waals surface area contributed by atoms with E-state index in [1.807, 2.05) is 18.2 Å². The van der Waals surface area contributed by atoms with Crippen LogP contribution in [0.4, 0.5) is 0 Å². The van der Waals surface area contributed by atoms with Gasteiger partial charge >= 0.3 is 0 Å². The standard InChI is InChI=1S/C13H13N3S/c1-9-8-16-11(7-14)12(15-13(16)17-9)10-5-3-2-4-6-10/h2-6,8H,7,14H2,1H3. The van der Waals surface area contributed by atoms with Gasteiger partial charge in [0.05, 0.1) is 11.4 Å². The second kappa shape index (κ2) is 3.98. The maximum absolute atomic E-state index is 5.85. The van der Waals surface area contributed by atoms with Gasteiger partial charge in [0.1, 0.15) is 0 Å². The molecule has 3 nitrogen and oxygen atoms in total. The van der Waals surface area contributed by atoms with Crippen LogP contribution in [0, 0.1) is 6.92 Å². The molecule has 3 aromatic rings. The van der Waals surface area contributed by atoms with E-state index in [1.165, 1.54) is 4.88 Å². The van der Waals surface area contributed by atoms with Gasteiger partial charge in [-0.1, -0.05) is 30.3 Å². The lowest BCUT2D eigenvalue weighted by Crippen LogP contribution is -2.01. The first kappa shape index (κ1) is 10.5. The Bertz CT molecular complexity index is 652. The van der Waals surface area contributed by atoms with Crippen LogP contribution in [-0.2, 0) is 6.54 Å². The van der Waals surface area contributed by atoms with Crippen LogP contribution in [0.25, 0.3) is 16.2 Å². The summed E-state index contributed by atoms with van der Waals surface area (Å²) in [5.74, 6) is 0. The molecule has 0 aliphatic heterocycles. The number of thiazole rings is 1. The summed E-state index contributed by atoms with van der Waals surface area (Å²) in [6.07, 6.45) is 2.10. The van der Waals surface area contributed by atoms with Crippen molar-refractivity contribution in [2.24, 2.45) is 5.73 Å². The van der Waals surface area contributed by atoms with E-state index in [1.54, 1.807) is 11.3 Å². The minimum Gasteiger partial charge on any atom is -0.325 e. The van der Waals surface area contributed by atoms with Gasteiger partial charge in [0.2, 0.25) is 0 Å². The molecule has 3 rings (SSSR count). The second-order valence-electron chi connectivity index (χ2n) is 3.97. The summed E-state index contributed by atoms with van der Waals surface area (Å²) in [7, 11) is 0. The van der Waals surface area contributed by atoms with Gasteiger partial charge in [0.15, 0.2) is 4.96 Å². The van der Waals surface area contributed by atoms with Crippen LogP contribution in [0.3, 0.4) is 0 Å². The van der Waals surface area contributed by atoms with Crippen molar-refractivity contribution in [1.82, 2.24) is 9.38 Å². The van der Waals surface area contributed by atoms with Crippen LogP contribution < -0.4 is 5.73 Å². The number of hydrogen-bond donors (Lipinski definition) is 1. The van der Waals surface area contributed by atoms with Crippen molar-refractivity contribution in [3.63, 3.8) is 0 Å². The third-order valence-corrected chi connectivity index (χ3v) is 3.68. The molecule has 0 saturated carbocycles. The summed E-state index contributed by atoms with van der Waals surface area (Å²) in [5.41, 5.74) is 9.06. The number of imidazole rings is 1. The molecular formula is C13H13N3S. The Morgan fingerprint density at radius 2 is 2.06 bits per heavy atom. The Morgan fingerprint density at radius 3 is 2.76 bits per heavy atom. The Morgan fingerprint density at radius 1 is 1.29 bits per heavy atom. The normalized spacial score (nSPS) is 11.2. The molecule has 0 aliphatic rings. The molecule has 0 aliphatic carbocycles. The van der Waals surface area contributed by atoms with Crippen molar-refractivity contribution >= 4 is 16.3 Å². The quantitative estimate of drug-likeness (QED) is 0.752. The van der Waals surface area contributed by atoms with Crippen LogP contribution in [0.15, 0.2) is 36.5 Å². The second-order valence-corrected chi connectivity index (χ2v) is 5.18. The summed E-state index contributed by atoms with van der Waals surface area (Å²) in [4.78, 5) is 6.94. The fraction of sp³-hybridized carbons (Fsp3) is 0.154. The van der Waals surface area contributed by atoms with Gasteiger partial charge in [-0.2, -0.15) is 0 Å². The molecule has 2 heterocycles. The van der Waals surface area contributed by atoms with Gasteiger partial charge < -0.3 is 5.73 Å². The summed E-state index contributed by atoms with van der Waals surface area (Å²) < 4.78 is 2.10. The molecule has 0 saturated heterocycles. The third-order valence-electron chi connectivity index (χ3n) is 2.78. The van der Waals surface area contributed by atoms with Crippen molar-refractivity contribution in [3.05, 3.63) is 47.1 Å². The lowest BCUT2D eigenvalue weighted by molar-refractivity contribution is 0.967. The van der Waals surface area contributed by atoms with E-state index in [0.717, 1.165) is 21.9 Å². The average molecular weight is 243 g/mol. The van der Waals surface area contributed by atoms with E-state index >= 15 is 0 Å². The van der Waals surface area contributed by atoms with Crippen LogP contribution in [-0.4, -0.2) is 9.38 Å². The predicted octanol–water partition coefficient (Wildman–Crippen LogP) is 2.83. The Hall–Kier alpha value is -1.65. The summed E-state index contributed by atoms with van der Waals surface area (Å²) in [6, 6.07) is 10.2. The van der Waals surface area contributed by atoms with E-state index in [-0.39, 0.29) is 0 Å². The Balaban J connectivity index is 2.26. The van der Waals surface area contributed by atoms with Crippen LogP contribution in [0.2, 0.25) is 0 Å². The molecule has 0 spiro atoms. The largest absolute Gasteiger partial charge is 0.325 e. The number of fused-ring (bicyclic) bond motifs is 1. The lowest BCUT2D eigenvalue weighted by Gasteiger charge is -2.00. The van der Waals surface area contributed by atoms with Gasteiger partial charge in [-0.25, -0.2) is 4.98 Å². The molecule has 0 bridgehead atoms. The molecule has 86 valence electrons. The van der Waals surface area contributed by atoms with Gasteiger partial charge in [-0.05, 0) is 6.92 Å². The predicted molar refractivity (Wildman–Crippen MR) is 71.1 cm³/mol. The molecule has 1 aromatic carbocycles. The first-order chi connectivity index (χ1) is 8.29. The molecule has 2 aromatic heterocycles. The van der Waals surface area contributed by atoms with Crippen molar-refractivity contribution in [1.29, 1.82) is 0 Å². The highest BCUT2D eigenvalue weighted by molar-refractivity contribution is 7.17. The highest BCUT2D eigenvalue weighted by Crippen LogP contribution is 2.27. The summed E-state index contributed by atoms with van der Waals surface area (Å²) in [5, 5.41) is 0. The van der Waals surface area contributed by atoms with Crippen LogP contribution in [0.1, 0.15) is 10.6 Å². The highest BCUT2D eigenvalue weighted by Gasteiger charge is 2.13. The molecule has 4 heteroatoms. The van der Waals surface area contributed by atoms with E-state index in [2.05, 4.69) is 34.6 Å². The molecule has 17 heavy (non-hydrogen) atoms. The number of nitrogens with zero attached hydrogens (tertiary/aromatic N) is 2. The van der Waals surface area contributed by atoms with Crippen molar-refractivity contribution in [3.8, 4) is 11.3 Å². The number of rotatable bonds is 2. The monoisotopic (exact) mass is 243 g/mol. The number of benzene rings is 1. The lowest BCUT2D eigenvalue weighted by atomic mass is 10.1. The highest BCUT2D eigenvalue weighted by atomic mass is 32.1. The third kappa shape index (κ3) is 1.66. The van der Waals surface area contributed by atoms with Gasteiger partial charge in [0, 0.05) is 23.2 Å². The Kier molecular flexibility index (Phi) is 2.46. The number of nitrogens with two attached hydrogens (primary N) is 1. The average Bonchev–Trinajstić information content (AvgIpc) is 2.85. The minimum absolute atomic E-state index is 0.502. The Labute approximate surface area is 104 Å². The zero-order valence-electron chi connectivity index (χ0n) is 9.55. The van der Waals surface area contributed by atoms with E-state index in [0.29, 0.717) is 6.54 Å². The number of aromatic nitrogens is 2. The smallest absolute Gasteiger partial charge is 0.194 e. The van der Waals surface area contributed by atoms with E-state index < -0.39 is 0 Å². The SMILES string of the molecule is Cc1cn2c(CN)c(-c3ccccc3)nc2s1. The maximum atomic E-state index is 5.85. The molecule has 2 N–H and O–H groups in total. The minimum atomic E-state index is 0.502. The first-order valence-electron chi connectivity index (χ1n) is 5.52. The van der Waals surface area contributed by atoms with Gasteiger partial charge in [0.25, 0.3) is 0 Å². The van der Waals surface area contributed by atoms with Crippen molar-refractivity contribution in [2.45, 2.75) is 13.5 Å². The molecule has 0 amide bonds. The topological polar surface area (TPSA) is 43.3 Å². The zero-order chi connectivity index (χ0) is 11.8. The zero-order valence-corrected chi connectivity index (χ0v) is 10.4. The van der Waals surface area contributed by atoms with Crippen LogP contribution in [0.5, 0.6) is 0 Å². The molecular weight excluding hydrogens is 230 g/mol. The molecule has 0 atom stereocenters. The number of hydrogen-bond acceptors (Lipinski definition) is 3. The van der Waals surface area contributed by atoms with E-state index in [4.69, 9.17) is 5.73 Å². The van der Waals surface area contributed by atoms with Gasteiger partial charge in [-0.3, -0.25) is 4.40 Å². The molecule has 0 unspecified atom stereocenters. The van der Waals surface area contributed by atoms with Crippen molar-refractivity contribution < 1.29 is 0 Å². The fourth-order valence-corrected chi connectivity index (χ4v) is 2.87. The van der Waals surface area contributed by atoms with E-state index in [9.17, 15) is 0 Å². The van der Waals surface area contributed by atoms with Crippen molar-refractivity contribution in [2.75, 3.05) is 0 Å². The molecule has 0 radical (unpaired) electrons. The first-order valence-corrected chi connectivity index (χ1v) is 6.34. The number of aryl methyl sites for hydroxylation is 1. The maximum Gasteiger partial charge on any atom is 0.194 e.